The first kappa shape index (κ1) is 22.1. The lowest BCUT2D eigenvalue weighted by Gasteiger charge is -2.33. The number of fused-ring (bicyclic) bond motifs is 2. The lowest BCUT2D eigenvalue weighted by atomic mass is 10.1. The highest BCUT2D eigenvalue weighted by molar-refractivity contribution is 6.04. The molecule has 5 aromatic rings. The van der Waals surface area contributed by atoms with E-state index >= 15 is 0 Å². The van der Waals surface area contributed by atoms with Crippen LogP contribution >= 0.6 is 0 Å². The van der Waals surface area contributed by atoms with E-state index in [0.29, 0.717) is 5.56 Å². The molecule has 1 aliphatic heterocycles. The average Bonchev–Trinajstić information content (AvgIpc) is 3.28. The van der Waals surface area contributed by atoms with Crippen molar-refractivity contribution in [2.24, 2.45) is 0 Å². The van der Waals surface area contributed by atoms with Gasteiger partial charge in [0.05, 0.1) is 16.6 Å². The zero-order valence-corrected chi connectivity index (χ0v) is 20.2. The highest BCUT2D eigenvalue weighted by Crippen LogP contribution is 2.26. The maximum atomic E-state index is 13.0. The fourth-order valence-corrected chi connectivity index (χ4v) is 4.51. The number of aromatic amines is 1. The summed E-state index contributed by atoms with van der Waals surface area (Å²) >= 11 is 0. The number of nitrogens with zero attached hydrogens (tertiary/aromatic N) is 6. The number of likely N-dealkylation sites (N-methyl/N-ethyl adjacent to an activating group) is 1. The smallest absolute Gasteiger partial charge is 0.258 e. The highest BCUT2D eigenvalue weighted by Gasteiger charge is 2.17. The molecule has 1 saturated heterocycles. The van der Waals surface area contributed by atoms with Gasteiger partial charge in [0.25, 0.3) is 5.91 Å². The van der Waals surface area contributed by atoms with Gasteiger partial charge in [-0.3, -0.25) is 15.1 Å². The van der Waals surface area contributed by atoms with E-state index in [9.17, 15) is 4.79 Å². The second kappa shape index (κ2) is 9.01. The van der Waals surface area contributed by atoms with Gasteiger partial charge in [0.2, 0.25) is 5.95 Å². The van der Waals surface area contributed by atoms with Crippen LogP contribution in [0.25, 0.3) is 33.1 Å². The van der Waals surface area contributed by atoms with Crippen LogP contribution in [0.15, 0.2) is 61.1 Å². The molecule has 180 valence electrons. The second-order valence-electron chi connectivity index (χ2n) is 9.22. The van der Waals surface area contributed by atoms with E-state index < -0.39 is 0 Å². The summed E-state index contributed by atoms with van der Waals surface area (Å²) in [5.74, 6) is 0.805. The van der Waals surface area contributed by atoms with Gasteiger partial charge in [0, 0.05) is 67.0 Å². The number of benzene rings is 1. The predicted molar refractivity (Wildman–Crippen MR) is 141 cm³/mol. The number of anilines is 2. The molecule has 1 aliphatic rings. The Labute approximate surface area is 208 Å². The summed E-state index contributed by atoms with van der Waals surface area (Å²) in [5, 5.41) is 3.73. The number of carbonyl (C=O) groups is 1. The predicted octanol–water partition coefficient (Wildman–Crippen LogP) is 3.88. The summed E-state index contributed by atoms with van der Waals surface area (Å²) in [6, 6.07) is 13.6. The third-order valence-electron chi connectivity index (χ3n) is 6.58. The molecule has 0 bridgehead atoms. The average molecular weight is 479 g/mol. The van der Waals surface area contributed by atoms with E-state index in [0.717, 1.165) is 70.8 Å². The summed E-state index contributed by atoms with van der Waals surface area (Å²) < 4.78 is 0. The van der Waals surface area contributed by atoms with Crippen molar-refractivity contribution in [2.45, 2.75) is 6.92 Å². The Kier molecular flexibility index (Phi) is 5.54. The van der Waals surface area contributed by atoms with Gasteiger partial charge in [-0.25, -0.2) is 15.0 Å². The maximum absolute atomic E-state index is 13.0. The number of hydrogen-bond acceptors (Lipinski definition) is 7. The van der Waals surface area contributed by atoms with Gasteiger partial charge in [-0.05, 0) is 49.9 Å². The van der Waals surface area contributed by atoms with E-state index in [2.05, 4.69) is 53.2 Å². The van der Waals surface area contributed by atoms with Crippen molar-refractivity contribution in [1.82, 2.24) is 29.8 Å². The minimum atomic E-state index is -0.264. The molecule has 1 aromatic carbocycles. The molecule has 0 unspecified atom stereocenters. The minimum absolute atomic E-state index is 0.260. The van der Waals surface area contributed by atoms with E-state index in [4.69, 9.17) is 0 Å². The third-order valence-corrected chi connectivity index (χ3v) is 6.58. The minimum Gasteiger partial charge on any atom is -0.357 e. The van der Waals surface area contributed by atoms with Crippen molar-refractivity contribution in [2.75, 3.05) is 43.4 Å². The Morgan fingerprint density at radius 3 is 2.64 bits per heavy atom. The number of aryl methyl sites for hydroxylation is 1. The van der Waals surface area contributed by atoms with Crippen molar-refractivity contribution in [3.05, 3.63) is 72.3 Å². The SMILES string of the molecule is Cc1cc2ncc(-c3ccc4cnc(NC(=O)c5ccnc(N6CCN(C)CC6)c5)nc4c3)cc2[nH]1. The van der Waals surface area contributed by atoms with Crippen LogP contribution in [0.3, 0.4) is 0 Å². The number of pyridine rings is 2. The van der Waals surface area contributed by atoms with Gasteiger partial charge >= 0.3 is 0 Å². The summed E-state index contributed by atoms with van der Waals surface area (Å²) in [5.41, 5.74) is 6.26. The number of nitrogens with one attached hydrogen (secondary N) is 2. The molecule has 6 rings (SSSR count). The van der Waals surface area contributed by atoms with Gasteiger partial charge in [-0.2, -0.15) is 0 Å². The van der Waals surface area contributed by atoms with Crippen molar-refractivity contribution in [3.63, 3.8) is 0 Å². The number of piperazine rings is 1. The fourth-order valence-electron chi connectivity index (χ4n) is 4.51. The largest absolute Gasteiger partial charge is 0.357 e. The first-order valence-corrected chi connectivity index (χ1v) is 12.0. The lowest BCUT2D eigenvalue weighted by molar-refractivity contribution is 0.102. The lowest BCUT2D eigenvalue weighted by Crippen LogP contribution is -2.44. The van der Waals surface area contributed by atoms with Crippen LogP contribution in [-0.4, -0.2) is 69.0 Å². The third kappa shape index (κ3) is 4.36. The molecule has 9 nitrogen and oxygen atoms in total. The number of H-pyrrole nitrogens is 1. The number of amides is 1. The normalized spacial score (nSPS) is 14.4. The summed E-state index contributed by atoms with van der Waals surface area (Å²) in [6.45, 7) is 5.73. The second-order valence-corrected chi connectivity index (χ2v) is 9.22. The molecule has 0 spiro atoms. The molecule has 5 heterocycles. The van der Waals surface area contributed by atoms with Crippen LogP contribution in [0.4, 0.5) is 11.8 Å². The molecule has 0 atom stereocenters. The molecule has 4 aromatic heterocycles. The molecule has 9 heteroatoms. The zero-order valence-electron chi connectivity index (χ0n) is 20.2. The van der Waals surface area contributed by atoms with Gasteiger partial charge in [0.1, 0.15) is 5.82 Å². The number of carbonyl (C=O) groups excluding carboxylic acids is 1. The Balaban J connectivity index is 1.24. The molecule has 2 N–H and O–H groups in total. The Morgan fingerprint density at radius 1 is 0.917 bits per heavy atom. The van der Waals surface area contributed by atoms with Gasteiger partial charge < -0.3 is 14.8 Å². The summed E-state index contributed by atoms with van der Waals surface area (Å²) in [6.07, 6.45) is 5.26. The molecule has 36 heavy (non-hydrogen) atoms. The maximum Gasteiger partial charge on any atom is 0.258 e. The van der Waals surface area contributed by atoms with Crippen LogP contribution in [0.5, 0.6) is 0 Å². The Bertz CT molecular complexity index is 1590. The number of aromatic nitrogens is 5. The van der Waals surface area contributed by atoms with Gasteiger partial charge in [0.15, 0.2) is 0 Å². The van der Waals surface area contributed by atoms with Crippen molar-refractivity contribution in [1.29, 1.82) is 0 Å². The van der Waals surface area contributed by atoms with E-state index in [1.807, 2.05) is 43.5 Å². The number of rotatable bonds is 4. The van der Waals surface area contributed by atoms with Gasteiger partial charge in [-0.1, -0.05) is 12.1 Å². The van der Waals surface area contributed by atoms with E-state index in [1.165, 1.54) is 0 Å². The van der Waals surface area contributed by atoms with Crippen LogP contribution in [0, 0.1) is 6.92 Å². The van der Waals surface area contributed by atoms with Crippen molar-refractivity contribution >= 4 is 39.6 Å². The standard InChI is InChI=1S/C27H26N8O/c1-17-11-23-24(31-17)13-21(16-29-23)18-3-4-20-15-30-27(32-22(20)12-18)33-26(36)19-5-6-28-25(14-19)35-9-7-34(2)8-10-35/h3-6,11-16,31H,7-10H2,1-2H3,(H,30,32,33,36). The Morgan fingerprint density at radius 2 is 1.78 bits per heavy atom. The monoisotopic (exact) mass is 478 g/mol. The topological polar surface area (TPSA) is 103 Å². The quantitative estimate of drug-likeness (QED) is 0.404. The highest BCUT2D eigenvalue weighted by atomic mass is 16.1. The number of hydrogen-bond donors (Lipinski definition) is 2. The summed E-state index contributed by atoms with van der Waals surface area (Å²) in [4.78, 5) is 38.8. The molecule has 1 fully saturated rings. The zero-order chi connectivity index (χ0) is 24.6. The van der Waals surface area contributed by atoms with E-state index in [1.54, 1.807) is 18.5 Å². The molecule has 1 amide bonds. The van der Waals surface area contributed by atoms with Crippen LogP contribution in [0.2, 0.25) is 0 Å². The van der Waals surface area contributed by atoms with E-state index in [-0.39, 0.29) is 11.9 Å². The molecular weight excluding hydrogens is 452 g/mol. The molecular formula is C27H26N8O. The van der Waals surface area contributed by atoms with Crippen LogP contribution < -0.4 is 10.2 Å². The van der Waals surface area contributed by atoms with Gasteiger partial charge in [-0.15, -0.1) is 0 Å². The first-order valence-electron chi connectivity index (χ1n) is 12.0. The van der Waals surface area contributed by atoms with Crippen LogP contribution in [0.1, 0.15) is 16.1 Å². The fraction of sp³-hybridized carbons (Fsp3) is 0.222. The van der Waals surface area contributed by atoms with Crippen molar-refractivity contribution < 1.29 is 4.79 Å². The first-order chi connectivity index (χ1) is 17.5. The molecule has 0 radical (unpaired) electrons. The Hall–Kier alpha value is -4.37. The van der Waals surface area contributed by atoms with Crippen LogP contribution in [-0.2, 0) is 0 Å². The molecule has 0 aliphatic carbocycles. The summed E-state index contributed by atoms with van der Waals surface area (Å²) in [7, 11) is 2.11. The van der Waals surface area contributed by atoms with Crippen molar-refractivity contribution in [3.8, 4) is 11.1 Å². The molecule has 0 saturated carbocycles.